The number of aliphatic hydroxyl groups excluding tert-OH is 1. The summed E-state index contributed by atoms with van der Waals surface area (Å²) in [6.45, 7) is 3.58. The molecule has 2 fully saturated rings. The van der Waals surface area contributed by atoms with Crippen LogP contribution in [0.25, 0.3) is 0 Å². The normalized spacial score (nSPS) is 47.6. The van der Waals surface area contributed by atoms with Gasteiger partial charge in [0.15, 0.2) is 5.79 Å². The largest absolute Gasteiger partial charge is 0.390 e. The van der Waals surface area contributed by atoms with Crippen LogP contribution >= 0.6 is 0 Å². The van der Waals surface area contributed by atoms with E-state index in [1.807, 2.05) is 0 Å². The summed E-state index contributed by atoms with van der Waals surface area (Å²) in [7, 11) is 0. The number of aldehydes is 1. The van der Waals surface area contributed by atoms with Crippen LogP contribution in [0.2, 0.25) is 0 Å². The maximum absolute atomic E-state index is 10.7. The van der Waals surface area contributed by atoms with E-state index in [4.69, 9.17) is 9.47 Å². The molecular weight excluding hydrogens is 172 g/mol. The highest BCUT2D eigenvalue weighted by atomic mass is 16.8. The van der Waals surface area contributed by atoms with Crippen molar-refractivity contribution in [1.29, 1.82) is 0 Å². The van der Waals surface area contributed by atoms with Gasteiger partial charge in [0.05, 0.1) is 12.2 Å². The monoisotopic (exact) mass is 186 g/mol. The quantitative estimate of drug-likeness (QED) is 0.589. The molecule has 4 nitrogen and oxygen atoms in total. The Morgan fingerprint density at radius 1 is 1.38 bits per heavy atom. The SMILES string of the molecule is CC1(C)O[C@@H]2[C@H](O1)[C@@H](O)C[C@@H]2C=O. The predicted molar refractivity (Wildman–Crippen MR) is 44.0 cm³/mol. The predicted octanol–water partition coefficient (Wildman–Crippen LogP) is 0.0862. The lowest BCUT2D eigenvalue weighted by molar-refractivity contribution is -0.166. The molecule has 1 N–H and O–H groups in total. The third kappa shape index (κ3) is 1.39. The van der Waals surface area contributed by atoms with E-state index in [1.165, 1.54) is 0 Å². The van der Waals surface area contributed by atoms with Crippen LogP contribution in [0.1, 0.15) is 20.3 Å². The summed E-state index contributed by atoms with van der Waals surface area (Å²) in [6.07, 6.45) is 0.141. The van der Waals surface area contributed by atoms with Crippen molar-refractivity contribution >= 4 is 6.29 Å². The number of fused-ring (bicyclic) bond motifs is 1. The van der Waals surface area contributed by atoms with Crippen LogP contribution in [0.15, 0.2) is 0 Å². The molecule has 4 heteroatoms. The number of carbonyl (C=O) groups excluding carboxylic acids is 1. The molecular formula is C9H14O4. The molecule has 4 atom stereocenters. The van der Waals surface area contributed by atoms with Gasteiger partial charge in [-0.05, 0) is 20.3 Å². The summed E-state index contributed by atoms with van der Waals surface area (Å²) in [5, 5.41) is 9.57. The minimum Gasteiger partial charge on any atom is -0.390 e. The third-order valence-corrected chi connectivity index (χ3v) is 2.65. The first-order valence-corrected chi connectivity index (χ1v) is 4.52. The zero-order valence-corrected chi connectivity index (χ0v) is 7.77. The molecule has 2 rings (SSSR count). The van der Waals surface area contributed by atoms with Gasteiger partial charge in [-0.15, -0.1) is 0 Å². The van der Waals surface area contributed by atoms with Crippen molar-refractivity contribution in [2.45, 2.75) is 44.4 Å². The second-order valence-corrected chi connectivity index (χ2v) is 4.17. The van der Waals surface area contributed by atoms with Gasteiger partial charge in [0.2, 0.25) is 0 Å². The van der Waals surface area contributed by atoms with E-state index < -0.39 is 11.9 Å². The molecule has 2 aliphatic rings. The first kappa shape index (κ1) is 9.12. The standard InChI is InChI=1S/C9H14O4/c1-9(2)12-7-5(4-10)3-6(11)8(7)13-9/h4-8,11H,3H2,1-2H3/t5-,6+,7+,8-/m1/s1. The van der Waals surface area contributed by atoms with E-state index in [0.29, 0.717) is 6.42 Å². The highest BCUT2D eigenvalue weighted by Crippen LogP contribution is 2.40. The van der Waals surface area contributed by atoms with Gasteiger partial charge < -0.3 is 19.4 Å². The van der Waals surface area contributed by atoms with Crippen LogP contribution in [0, 0.1) is 5.92 Å². The highest BCUT2D eigenvalue weighted by molar-refractivity contribution is 5.56. The van der Waals surface area contributed by atoms with Crippen molar-refractivity contribution in [3.05, 3.63) is 0 Å². The minimum atomic E-state index is -0.669. The molecule has 0 bridgehead atoms. The number of hydrogen-bond donors (Lipinski definition) is 1. The van der Waals surface area contributed by atoms with Gasteiger partial charge in [0.1, 0.15) is 12.4 Å². The average molecular weight is 186 g/mol. The Hall–Kier alpha value is -0.450. The number of carbonyl (C=O) groups is 1. The van der Waals surface area contributed by atoms with Crippen LogP contribution in [0.3, 0.4) is 0 Å². The first-order valence-electron chi connectivity index (χ1n) is 4.52. The second-order valence-electron chi connectivity index (χ2n) is 4.17. The Kier molecular flexibility index (Phi) is 1.94. The molecule has 0 aromatic rings. The van der Waals surface area contributed by atoms with E-state index in [9.17, 15) is 9.90 Å². The van der Waals surface area contributed by atoms with E-state index in [0.717, 1.165) is 6.29 Å². The van der Waals surface area contributed by atoms with Gasteiger partial charge in [0.25, 0.3) is 0 Å². The van der Waals surface area contributed by atoms with Crippen molar-refractivity contribution in [3.8, 4) is 0 Å². The van der Waals surface area contributed by atoms with E-state index in [1.54, 1.807) is 13.8 Å². The zero-order valence-electron chi connectivity index (χ0n) is 7.77. The Morgan fingerprint density at radius 3 is 2.62 bits per heavy atom. The lowest BCUT2D eigenvalue weighted by atomic mass is 10.1. The zero-order chi connectivity index (χ0) is 9.64. The van der Waals surface area contributed by atoms with Crippen molar-refractivity contribution in [2.24, 2.45) is 5.92 Å². The van der Waals surface area contributed by atoms with Crippen molar-refractivity contribution in [3.63, 3.8) is 0 Å². The molecule has 1 aliphatic carbocycles. The summed E-state index contributed by atoms with van der Waals surface area (Å²) < 4.78 is 11.0. The van der Waals surface area contributed by atoms with Gasteiger partial charge in [0, 0.05) is 5.92 Å². The Labute approximate surface area is 76.8 Å². The van der Waals surface area contributed by atoms with Gasteiger partial charge >= 0.3 is 0 Å². The Morgan fingerprint density at radius 2 is 2.00 bits per heavy atom. The summed E-state index contributed by atoms with van der Waals surface area (Å²) in [5.41, 5.74) is 0. The minimum absolute atomic E-state index is 0.221. The van der Waals surface area contributed by atoms with Crippen LogP contribution in [0.5, 0.6) is 0 Å². The summed E-state index contributed by atoms with van der Waals surface area (Å²) >= 11 is 0. The summed E-state index contributed by atoms with van der Waals surface area (Å²) in [6, 6.07) is 0. The van der Waals surface area contributed by atoms with Gasteiger partial charge in [-0.2, -0.15) is 0 Å². The number of hydrogen-bond acceptors (Lipinski definition) is 4. The fourth-order valence-electron chi connectivity index (χ4n) is 2.13. The number of rotatable bonds is 1. The van der Waals surface area contributed by atoms with Crippen molar-refractivity contribution in [1.82, 2.24) is 0 Å². The Bertz CT molecular complexity index is 226. The topological polar surface area (TPSA) is 55.8 Å². The molecule has 0 radical (unpaired) electrons. The summed E-state index contributed by atoms with van der Waals surface area (Å²) in [5.74, 6) is -0.889. The average Bonchev–Trinajstić information content (AvgIpc) is 2.47. The molecule has 74 valence electrons. The molecule has 0 unspecified atom stereocenters. The fourth-order valence-corrected chi connectivity index (χ4v) is 2.13. The maximum atomic E-state index is 10.7. The molecule has 13 heavy (non-hydrogen) atoms. The lowest BCUT2D eigenvalue weighted by Crippen LogP contribution is -2.28. The van der Waals surface area contributed by atoms with Gasteiger partial charge in [-0.1, -0.05) is 0 Å². The molecule has 0 aromatic heterocycles. The summed E-state index contributed by atoms with van der Waals surface area (Å²) in [4.78, 5) is 10.7. The lowest BCUT2D eigenvalue weighted by Gasteiger charge is -2.20. The molecule has 0 aromatic carbocycles. The first-order chi connectivity index (χ1) is 6.03. The number of ether oxygens (including phenoxy) is 2. The van der Waals surface area contributed by atoms with E-state index in [2.05, 4.69) is 0 Å². The van der Waals surface area contributed by atoms with E-state index in [-0.39, 0.29) is 18.1 Å². The van der Waals surface area contributed by atoms with Crippen LogP contribution in [-0.2, 0) is 14.3 Å². The molecule has 1 saturated heterocycles. The molecule has 0 amide bonds. The van der Waals surface area contributed by atoms with E-state index >= 15 is 0 Å². The second kappa shape index (κ2) is 2.77. The molecule has 0 spiro atoms. The van der Waals surface area contributed by atoms with Gasteiger partial charge in [-0.3, -0.25) is 0 Å². The van der Waals surface area contributed by atoms with Gasteiger partial charge in [-0.25, -0.2) is 0 Å². The molecule has 1 heterocycles. The van der Waals surface area contributed by atoms with Crippen LogP contribution in [0.4, 0.5) is 0 Å². The highest BCUT2D eigenvalue weighted by Gasteiger charge is 2.53. The molecule has 1 aliphatic heterocycles. The fraction of sp³-hybridized carbons (Fsp3) is 0.889. The maximum Gasteiger partial charge on any atom is 0.163 e. The molecule has 1 saturated carbocycles. The smallest absolute Gasteiger partial charge is 0.163 e. The van der Waals surface area contributed by atoms with Crippen molar-refractivity contribution < 1.29 is 19.4 Å². The van der Waals surface area contributed by atoms with Crippen LogP contribution in [-0.4, -0.2) is 35.5 Å². The number of aliphatic hydroxyl groups is 1. The Balaban J connectivity index is 2.17. The third-order valence-electron chi connectivity index (χ3n) is 2.65. The van der Waals surface area contributed by atoms with Crippen LogP contribution < -0.4 is 0 Å². The van der Waals surface area contributed by atoms with Crippen molar-refractivity contribution in [2.75, 3.05) is 0 Å².